The Morgan fingerprint density at radius 3 is 2.73 bits per heavy atom. The van der Waals surface area contributed by atoms with Gasteiger partial charge in [-0.25, -0.2) is 4.68 Å². The molecule has 1 amide bonds. The van der Waals surface area contributed by atoms with Crippen LogP contribution >= 0.6 is 0 Å². The van der Waals surface area contributed by atoms with E-state index in [9.17, 15) is 14.7 Å². The number of aryl methyl sites for hydroxylation is 1. The molecule has 0 saturated heterocycles. The normalized spacial score (nSPS) is 10.9. The number of rotatable bonds is 5. The molecule has 0 bridgehead atoms. The van der Waals surface area contributed by atoms with Gasteiger partial charge >= 0.3 is 0 Å². The number of aromatic amines is 1. The monoisotopic (exact) mass is 404 g/mol. The van der Waals surface area contributed by atoms with E-state index in [0.717, 1.165) is 11.1 Å². The Bertz CT molecular complexity index is 1290. The molecule has 0 aliphatic rings. The molecule has 152 valence electrons. The Balaban J connectivity index is 1.71. The predicted molar refractivity (Wildman–Crippen MR) is 113 cm³/mol. The number of hydrogen-bond acceptors (Lipinski definition) is 5. The van der Waals surface area contributed by atoms with Crippen LogP contribution in [-0.2, 0) is 6.54 Å². The molecule has 0 spiro atoms. The average Bonchev–Trinajstić information content (AvgIpc) is 3.11. The van der Waals surface area contributed by atoms with Crippen LogP contribution in [0, 0.1) is 6.92 Å². The van der Waals surface area contributed by atoms with Crippen LogP contribution in [0.5, 0.6) is 11.5 Å². The quantitative estimate of drug-likeness (QED) is 0.474. The number of aromatic hydroxyl groups is 1. The van der Waals surface area contributed by atoms with Crippen LogP contribution in [0.3, 0.4) is 0 Å². The van der Waals surface area contributed by atoms with Crippen molar-refractivity contribution < 1.29 is 14.6 Å². The first-order chi connectivity index (χ1) is 14.5. The lowest BCUT2D eigenvalue weighted by atomic mass is 10.1. The number of pyridine rings is 1. The fourth-order valence-electron chi connectivity index (χ4n) is 3.29. The molecular formula is C22H20N4O4. The highest BCUT2D eigenvalue weighted by Crippen LogP contribution is 2.28. The van der Waals surface area contributed by atoms with Crippen molar-refractivity contribution in [2.24, 2.45) is 0 Å². The highest BCUT2D eigenvalue weighted by atomic mass is 16.5. The average molecular weight is 404 g/mol. The summed E-state index contributed by atoms with van der Waals surface area (Å²) in [4.78, 5) is 28.1. The van der Waals surface area contributed by atoms with E-state index in [4.69, 9.17) is 4.74 Å². The van der Waals surface area contributed by atoms with Gasteiger partial charge in [0.25, 0.3) is 11.5 Å². The van der Waals surface area contributed by atoms with Crippen molar-refractivity contribution in [3.63, 3.8) is 0 Å². The molecule has 4 aromatic rings. The minimum Gasteiger partial charge on any atom is -0.506 e. The van der Waals surface area contributed by atoms with Gasteiger partial charge in [-0.1, -0.05) is 36.4 Å². The first-order valence-corrected chi connectivity index (χ1v) is 9.28. The lowest BCUT2D eigenvalue weighted by Gasteiger charge is -2.12. The number of methoxy groups -OCH3 is 1. The number of hydrogen-bond donors (Lipinski definition) is 3. The fraction of sp³-hybridized carbons (Fsp3) is 0.136. The number of ether oxygens (including phenoxy) is 1. The van der Waals surface area contributed by atoms with Crippen LogP contribution in [0.1, 0.15) is 21.5 Å². The highest BCUT2D eigenvalue weighted by Gasteiger charge is 2.22. The first-order valence-electron chi connectivity index (χ1n) is 9.28. The summed E-state index contributed by atoms with van der Waals surface area (Å²) in [6, 6.07) is 14.9. The summed E-state index contributed by atoms with van der Waals surface area (Å²) in [7, 11) is 1.48. The minimum absolute atomic E-state index is 0.284. The van der Waals surface area contributed by atoms with Crippen LogP contribution in [0.25, 0.3) is 11.0 Å². The van der Waals surface area contributed by atoms with Crippen molar-refractivity contribution >= 4 is 22.6 Å². The van der Waals surface area contributed by atoms with E-state index in [1.807, 2.05) is 43.3 Å². The number of carbonyl (C=O) groups is 1. The van der Waals surface area contributed by atoms with E-state index in [0.29, 0.717) is 23.6 Å². The number of nitrogens with zero attached hydrogens (tertiary/aromatic N) is 2. The zero-order valence-electron chi connectivity index (χ0n) is 16.5. The van der Waals surface area contributed by atoms with Crippen molar-refractivity contribution in [3.8, 4) is 11.5 Å². The molecule has 0 unspecified atom stereocenters. The summed E-state index contributed by atoms with van der Waals surface area (Å²) >= 11 is 0. The number of carbonyl (C=O) groups excluding carboxylic acids is 1. The number of amides is 1. The molecule has 2 aromatic heterocycles. The molecule has 30 heavy (non-hydrogen) atoms. The Kier molecular flexibility index (Phi) is 4.97. The standard InChI is InChI=1S/C22H20N4O4/c1-13-8-9-17(30-2)16(10-13)24-21(28)18-19(27)15-11-23-26(20(15)25-22(18)29)12-14-6-4-3-5-7-14/h3-11H,12H2,1-2H3,(H,24,28)(H2,25,27,29). The van der Waals surface area contributed by atoms with E-state index in [1.165, 1.54) is 13.3 Å². The van der Waals surface area contributed by atoms with Crippen molar-refractivity contribution in [1.29, 1.82) is 0 Å². The van der Waals surface area contributed by atoms with Gasteiger partial charge in [0.2, 0.25) is 0 Å². The molecular weight excluding hydrogens is 384 g/mol. The van der Waals surface area contributed by atoms with Gasteiger partial charge in [0.05, 0.1) is 30.9 Å². The van der Waals surface area contributed by atoms with Crippen molar-refractivity contribution in [2.45, 2.75) is 13.5 Å². The van der Waals surface area contributed by atoms with E-state index >= 15 is 0 Å². The molecule has 8 nitrogen and oxygen atoms in total. The molecule has 0 saturated carbocycles. The number of aromatic nitrogens is 3. The maximum absolute atomic E-state index is 12.8. The largest absolute Gasteiger partial charge is 0.506 e. The Morgan fingerprint density at radius 1 is 1.23 bits per heavy atom. The summed E-state index contributed by atoms with van der Waals surface area (Å²) in [5.41, 5.74) is 1.54. The second-order valence-corrected chi connectivity index (χ2v) is 6.89. The summed E-state index contributed by atoms with van der Waals surface area (Å²) in [6.07, 6.45) is 1.42. The third kappa shape index (κ3) is 3.50. The lowest BCUT2D eigenvalue weighted by Crippen LogP contribution is -2.24. The summed E-state index contributed by atoms with van der Waals surface area (Å²) in [5, 5.41) is 17.8. The Morgan fingerprint density at radius 2 is 2.00 bits per heavy atom. The van der Waals surface area contributed by atoms with Crippen LogP contribution < -0.4 is 15.6 Å². The van der Waals surface area contributed by atoms with Gasteiger partial charge in [-0.3, -0.25) is 9.59 Å². The zero-order valence-corrected chi connectivity index (χ0v) is 16.5. The molecule has 2 aromatic carbocycles. The molecule has 0 atom stereocenters. The van der Waals surface area contributed by atoms with Crippen molar-refractivity contribution in [1.82, 2.24) is 14.8 Å². The topological polar surface area (TPSA) is 109 Å². The van der Waals surface area contributed by atoms with Crippen LogP contribution in [0.4, 0.5) is 5.69 Å². The maximum Gasteiger partial charge on any atom is 0.266 e. The number of benzene rings is 2. The summed E-state index contributed by atoms with van der Waals surface area (Å²) in [5.74, 6) is -0.714. The van der Waals surface area contributed by atoms with Crippen LogP contribution in [0.2, 0.25) is 0 Å². The zero-order chi connectivity index (χ0) is 21.3. The summed E-state index contributed by atoms with van der Waals surface area (Å²) in [6.45, 7) is 2.28. The molecule has 0 radical (unpaired) electrons. The third-order valence-corrected chi connectivity index (χ3v) is 4.80. The molecule has 8 heteroatoms. The van der Waals surface area contributed by atoms with Gasteiger partial charge in [-0.15, -0.1) is 0 Å². The molecule has 0 fully saturated rings. The first kappa shape index (κ1) is 19.3. The van der Waals surface area contributed by atoms with Gasteiger partial charge in [0.15, 0.2) is 0 Å². The van der Waals surface area contributed by atoms with Gasteiger partial charge in [0, 0.05) is 0 Å². The van der Waals surface area contributed by atoms with Crippen molar-refractivity contribution in [3.05, 3.63) is 81.8 Å². The van der Waals surface area contributed by atoms with Gasteiger partial charge < -0.3 is 20.1 Å². The molecule has 0 aliphatic heterocycles. The molecule has 4 rings (SSSR count). The molecule has 2 heterocycles. The highest BCUT2D eigenvalue weighted by molar-refractivity contribution is 6.09. The number of anilines is 1. The third-order valence-electron chi connectivity index (χ3n) is 4.80. The van der Waals surface area contributed by atoms with Gasteiger partial charge in [0.1, 0.15) is 22.7 Å². The Labute approximate surface area is 171 Å². The van der Waals surface area contributed by atoms with E-state index in [1.54, 1.807) is 16.8 Å². The van der Waals surface area contributed by atoms with E-state index in [-0.39, 0.29) is 10.9 Å². The van der Waals surface area contributed by atoms with Crippen molar-refractivity contribution in [2.75, 3.05) is 12.4 Å². The summed E-state index contributed by atoms with van der Waals surface area (Å²) < 4.78 is 6.82. The predicted octanol–water partition coefficient (Wildman–Crippen LogP) is 3.05. The second-order valence-electron chi connectivity index (χ2n) is 6.89. The van der Waals surface area contributed by atoms with Gasteiger partial charge in [-0.05, 0) is 30.2 Å². The Hall–Kier alpha value is -4.07. The lowest BCUT2D eigenvalue weighted by molar-refractivity contribution is 0.102. The smallest absolute Gasteiger partial charge is 0.266 e. The maximum atomic E-state index is 12.8. The van der Waals surface area contributed by atoms with E-state index < -0.39 is 17.2 Å². The van der Waals surface area contributed by atoms with Gasteiger partial charge in [-0.2, -0.15) is 5.10 Å². The van der Waals surface area contributed by atoms with E-state index in [2.05, 4.69) is 15.4 Å². The number of nitrogens with one attached hydrogen (secondary N) is 2. The number of fused-ring (bicyclic) bond motifs is 1. The SMILES string of the molecule is COc1ccc(C)cc1NC(=O)c1c(O)c2cnn(Cc3ccccc3)c2[nH]c1=O. The van der Waals surface area contributed by atoms with Crippen LogP contribution in [-0.4, -0.2) is 32.9 Å². The molecule has 0 aliphatic carbocycles. The second kappa shape index (κ2) is 7.75. The molecule has 3 N–H and O–H groups in total. The fourth-order valence-corrected chi connectivity index (χ4v) is 3.29. The number of H-pyrrole nitrogens is 1. The van der Waals surface area contributed by atoms with Crippen LogP contribution in [0.15, 0.2) is 59.5 Å². The minimum atomic E-state index is -0.740.